The van der Waals surface area contributed by atoms with Gasteiger partial charge in [-0.25, -0.2) is 13.1 Å². The van der Waals surface area contributed by atoms with E-state index in [0.717, 1.165) is 16.4 Å². The zero-order chi connectivity index (χ0) is 13.8. The molecular weight excluding hydrogens is 365 g/mol. The van der Waals surface area contributed by atoms with Crippen molar-refractivity contribution in [3.05, 3.63) is 21.8 Å². The van der Waals surface area contributed by atoms with Crippen molar-refractivity contribution in [3.8, 4) is 5.75 Å². The van der Waals surface area contributed by atoms with Crippen LogP contribution in [0.25, 0.3) is 0 Å². The molecule has 0 aromatic heterocycles. The van der Waals surface area contributed by atoms with Gasteiger partial charge in [0.2, 0.25) is 10.0 Å². The SMILES string of the molecule is CCC(CC)NS(=O)(=O)c1ccc(OC)c(I)c1. The van der Waals surface area contributed by atoms with Gasteiger partial charge in [-0.05, 0) is 53.6 Å². The minimum absolute atomic E-state index is 0.0187. The third-order valence-electron chi connectivity index (χ3n) is 2.74. The van der Waals surface area contributed by atoms with E-state index in [9.17, 15) is 8.42 Å². The molecule has 0 saturated heterocycles. The number of methoxy groups -OCH3 is 1. The van der Waals surface area contributed by atoms with E-state index < -0.39 is 10.0 Å². The van der Waals surface area contributed by atoms with Crippen molar-refractivity contribution in [2.75, 3.05) is 7.11 Å². The second-order valence-corrected chi connectivity index (χ2v) is 6.81. The molecule has 0 amide bonds. The van der Waals surface area contributed by atoms with Crippen molar-refractivity contribution in [2.24, 2.45) is 0 Å². The molecular formula is C12H18INO3S. The van der Waals surface area contributed by atoms with Crippen molar-refractivity contribution in [2.45, 2.75) is 37.6 Å². The quantitative estimate of drug-likeness (QED) is 0.769. The van der Waals surface area contributed by atoms with Gasteiger partial charge in [0.1, 0.15) is 5.75 Å². The van der Waals surface area contributed by atoms with Crippen LogP contribution in [0.3, 0.4) is 0 Å². The van der Waals surface area contributed by atoms with E-state index in [-0.39, 0.29) is 10.9 Å². The van der Waals surface area contributed by atoms with E-state index in [1.165, 1.54) is 0 Å². The predicted molar refractivity (Wildman–Crippen MR) is 80.4 cm³/mol. The number of ether oxygens (including phenoxy) is 1. The van der Waals surface area contributed by atoms with E-state index in [0.29, 0.717) is 5.75 Å². The third kappa shape index (κ3) is 3.83. The molecule has 6 heteroatoms. The standard InChI is InChI=1S/C12H18INO3S/c1-4-9(5-2)14-18(15,16)10-6-7-12(17-3)11(13)8-10/h6-9,14H,4-5H2,1-3H3. The van der Waals surface area contributed by atoms with Gasteiger partial charge in [0.05, 0.1) is 15.6 Å². The third-order valence-corrected chi connectivity index (χ3v) is 5.10. The highest BCUT2D eigenvalue weighted by molar-refractivity contribution is 14.1. The molecule has 0 radical (unpaired) electrons. The van der Waals surface area contributed by atoms with Crippen LogP contribution in [0.2, 0.25) is 0 Å². The topological polar surface area (TPSA) is 55.4 Å². The molecule has 1 aromatic rings. The lowest BCUT2D eigenvalue weighted by Crippen LogP contribution is -2.33. The van der Waals surface area contributed by atoms with Crippen LogP contribution in [0.5, 0.6) is 5.75 Å². The molecule has 1 rings (SSSR count). The molecule has 0 fully saturated rings. The number of benzene rings is 1. The van der Waals surface area contributed by atoms with E-state index >= 15 is 0 Å². The maximum Gasteiger partial charge on any atom is 0.240 e. The Bertz CT molecular complexity index is 498. The highest BCUT2D eigenvalue weighted by atomic mass is 127. The van der Waals surface area contributed by atoms with Gasteiger partial charge in [-0.1, -0.05) is 13.8 Å². The fourth-order valence-corrected chi connectivity index (χ4v) is 3.93. The van der Waals surface area contributed by atoms with Gasteiger partial charge < -0.3 is 4.74 Å². The van der Waals surface area contributed by atoms with Crippen molar-refractivity contribution in [1.82, 2.24) is 4.72 Å². The smallest absolute Gasteiger partial charge is 0.240 e. The van der Waals surface area contributed by atoms with Crippen molar-refractivity contribution in [3.63, 3.8) is 0 Å². The van der Waals surface area contributed by atoms with Gasteiger partial charge in [0, 0.05) is 6.04 Å². The number of nitrogens with one attached hydrogen (secondary N) is 1. The van der Waals surface area contributed by atoms with E-state index in [1.807, 2.05) is 13.8 Å². The van der Waals surface area contributed by atoms with Crippen molar-refractivity contribution >= 4 is 32.6 Å². The molecule has 1 N–H and O–H groups in total. The molecule has 0 heterocycles. The van der Waals surface area contributed by atoms with Crippen LogP contribution >= 0.6 is 22.6 Å². The number of sulfonamides is 1. The Kier molecular flexibility index (Phi) is 5.87. The van der Waals surface area contributed by atoms with Crippen LogP contribution in [0.15, 0.2) is 23.1 Å². The highest BCUT2D eigenvalue weighted by Gasteiger charge is 2.19. The maximum atomic E-state index is 12.2. The second kappa shape index (κ2) is 6.72. The van der Waals surface area contributed by atoms with E-state index in [4.69, 9.17) is 4.74 Å². The molecule has 0 atom stereocenters. The van der Waals surface area contributed by atoms with Crippen LogP contribution < -0.4 is 9.46 Å². The largest absolute Gasteiger partial charge is 0.496 e. The first kappa shape index (κ1) is 15.7. The number of halogens is 1. The highest BCUT2D eigenvalue weighted by Crippen LogP contribution is 2.24. The monoisotopic (exact) mass is 383 g/mol. The van der Waals surface area contributed by atoms with E-state index in [2.05, 4.69) is 27.3 Å². The first-order chi connectivity index (χ1) is 8.44. The number of rotatable bonds is 6. The van der Waals surface area contributed by atoms with E-state index in [1.54, 1.807) is 25.3 Å². The molecule has 0 aliphatic heterocycles. The Labute approximate surface area is 122 Å². The fourth-order valence-electron chi connectivity index (χ4n) is 1.56. The predicted octanol–water partition coefficient (Wildman–Crippen LogP) is 2.77. The summed E-state index contributed by atoms with van der Waals surface area (Å²) < 4.78 is 32.9. The van der Waals surface area contributed by atoms with Gasteiger partial charge in [0.15, 0.2) is 0 Å². The summed E-state index contributed by atoms with van der Waals surface area (Å²) >= 11 is 2.06. The fraction of sp³-hybridized carbons (Fsp3) is 0.500. The normalized spacial score (nSPS) is 11.8. The Morgan fingerprint density at radius 3 is 2.39 bits per heavy atom. The zero-order valence-electron chi connectivity index (χ0n) is 10.7. The molecule has 4 nitrogen and oxygen atoms in total. The number of hydrogen-bond donors (Lipinski definition) is 1. The summed E-state index contributed by atoms with van der Waals surface area (Å²) in [5.74, 6) is 0.678. The van der Waals surface area contributed by atoms with Crippen LogP contribution in [0.4, 0.5) is 0 Å². The Morgan fingerprint density at radius 2 is 1.94 bits per heavy atom. The summed E-state index contributed by atoms with van der Waals surface area (Å²) in [6.45, 7) is 3.93. The number of hydrogen-bond acceptors (Lipinski definition) is 3. The maximum absolute atomic E-state index is 12.2. The Morgan fingerprint density at radius 1 is 1.33 bits per heavy atom. The van der Waals surface area contributed by atoms with Gasteiger partial charge in [-0.15, -0.1) is 0 Å². The molecule has 0 saturated carbocycles. The summed E-state index contributed by atoms with van der Waals surface area (Å²) in [6, 6.07) is 4.83. The van der Waals surface area contributed by atoms with Crippen LogP contribution in [0, 0.1) is 3.57 Å². The summed E-state index contributed by atoms with van der Waals surface area (Å²) in [7, 11) is -1.88. The molecule has 0 spiro atoms. The first-order valence-corrected chi connectivity index (χ1v) is 8.36. The van der Waals surface area contributed by atoms with Gasteiger partial charge in [-0.2, -0.15) is 0 Å². The molecule has 0 unspecified atom stereocenters. The first-order valence-electron chi connectivity index (χ1n) is 5.80. The zero-order valence-corrected chi connectivity index (χ0v) is 13.7. The minimum atomic E-state index is -3.44. The van der Waals surface area contributed by atoms with Gasteiger partial charge in [-0.3, -0.25) is 0 Å². The lowest BCUT2D eigenvalue weighted by atomic mass is 10.2. The summed E-state index contributed by atoms with van der Waals surface area (Å²) in [5, 5.41) is 0. The summed E-state index contributed by atoms with van der Waals surface area (Å²) in [6.07, 6.45) is 1.56. The van der Waals surface area contributed by atoms with Crippen molar-refractivity contribution in [1.29, 1.82) is 0 Å². The Balaban J connectivity index is 3.02. The molecule has 18 heavy (non-hydrogen) atoms. The summed E-state index contributed by atoms with van der Waals surface area (Å²) in [5.41, 5.74) is 0. The molecule has 0 aliphatic rings. The van der Waals surface area contributed by atoms with Gasteiger partial charge >= 0.3 is 0 Å². The van der Waals surface area contributed by atoms with Crippen LogP contribution in [0.1, 0.15) is 26.7 Å². The van der Waals surface area contributed by atoms with Gasteiger partial charge in [0.25, 0.3) is 0 Å². The molecule has 0 bridgehead atoms. The lowest BCUT2D eigenvalue weighted by molar-refractivity contribution is 0.411. The minimum Gasteiger partial charge on any atom is -0.496 e. The average Bonchev–Trinajstić information content (AvgIpc) is 2.35. The van der Waals surface area contributed by atoms with Crippen molar-refractivity contribution < 1.29 is 13.2 Å². The molecule has 1 aromatic carbocycles. The average molecular weight is 383 g/mol. The second-order valence-electron chi connectivity index (χ2n) is 3.93. The summed E-state index contributed by atoms with van der Waals surface area (Å²) in [4.78, 5) is 0.277. The van der Waals surface area contributed by atoms with Crippen LogP contribution in [-0.4, -0.2) is 21.6 Å². The molecule has 102 valence electrons. The Hall–Kier alpha value is -0.340. The van der Waals surface area contributed by atoms with Crippen LogP contribution in [-0.2, 0) is 10.0 Å². The lowest BCUT2D eigenvalue weighted by Gasteiger charge is -2.15. The molecule has 0 aliphatic carbocycles.